The highest BCUT2D eigenvalue weighted by molar-refractivity contribution is 5.69. The summed E-state index contributed by atoms with van der Waals surface area (Å²) in [6, 6.07) is 19.0. The van der Waals surface area contributed by atoms with Crippen LogP contribution in [-0.2, 0) is 6.54 Å². The van der Waals surface area contributed by atoms with Gasteiger partial charge in [-0.25, -0.2) is 4.68 Å². The minimum atomic E-state index is 0.283. The second kappa shape index (κ2) is 7.88. The van der Waals surface area contributed by atoms with Crippen molar-refractivity contribution >= 4 is 0 Å². The van der Waals surface area contributed by atoms with Crippen LogP contribution in [0.5, 0.6) is 11.5 Å². The van der Waals surface area contributed by atoms with E-state index >= 15 is 0 Å². The molecule has 4 heterocycles. The average molecular weight is 428 g/mol. The van der Waals surface area contributed by atoms with Crippen molar-refractivity contribution in [3.63, 3.8) is 0 Å². The predicted molar refractivity (Wildman–Crippen MR) is 122 cm³/mol. The van der Waals surface area contributed by atoms with Crippen molar-refractivity contribution in [2.45, 2.75) is 32.4 Å². The molecule has 0 bridgehead atoms. The van der Waals surface area contributed by atoms with Gasteiger partial charge in [-0.2, -0.15) is 5.10 Å². The van der Waals surface area contributed by atoms with Gasteiger partial charge in [-0.15, -0.1) is 0 Å². The van der Waals surface area contributed by atoms with Gasteiger partial charge in [0.25, 0.3) is 0 Å². The van der Waals surface area contributed by atoms with E-state index in [2.05, 4.69) is 42.2 Å². The fourth-order valence-electron chi connectivity index (χ4n) is 4.69. The first kappa shape index (κ1) is 19.2. The number of rotatable bonds is 5. The Morgan fingerprint density at radius 3 is 2.62 bits per heavy atom. The third kappa shape index (κ3) is 3.37. The fourth-order valence-corrected chi connectivity index (χ4v) is 4.69. The second-order valence-corrected chi connectivity index (χ2v) is 8.48. The third-order valence-electron chi connectivity index (χ3n) is 6.48. The summed E-state index contributed by atoms with van der Waals surface area (Å²) in [7, 11) is 0. The van der Waals surface area contributed by atoms with Crippen molar-refractivity contribution in [3.05, 3.63) is 72.6 Å². The quantitative estimate of drug-likeness (QED) is 0.420. The number of ether oxygens (including phenoxy) is 2. The maximum Gasteiger partial charge on any atom is 0.231 e. The molecule has 0 radical (unpaired) electrons. The minimum Gasteiger partial charge on any atom is -0.463 e. The molecule has 0 saturated carbocycles. The molecule has 0 N–H and O–H groups in total. The zero-order valence-electron chi connectivity index (χ0n) is 18.0. The van der Waals surface area contributed by atoms with Crippen LogP contribution in [0.15, 0.2) is 71.5 Å². The Labute approximate surface area is 187 Å². The highest BCUT2D eigenvalue weighted by atomic mass is 16.7. The molecule has 0 spiro atoms. The smallest absolute Gasteiger partial charge is 0.231 e. The number of furan rings is 1. The average Bonchev–Trinajstić information content (AvgIpc) is 3.62. The van der Waals surface area contributed by atoms with Crippen LogP contribution in [-0.4, -0.2) is 34.1 Å². The van der Waals surface area contributed by atoms with E-state index in [-0.39, 0.29) is 6.79 Å². The summed E-state index contributed by atoms with van der Waals surface area (Å²) in [6.07, 6.45) is 6.21. The Morgan fingerprint density at radius 1 is 1.00 bits per heavy atom. The number of benzene rings is 2. The maximum atomic E-state index is 5.80. The van der Waals surface area contributed by atoms with Crippen molar-refractivity contribution in [1.82, 2.24) is 14.7 Å². The summed E-state index contributed by atoms with van der Waals surface area (Å²) in [5, 5.41) is 4.75. The molecule has 1 fully saturated rings. The third-order valence-corrected chi connectivity index (χ3v) is 6.48. The normalized spacial score (nSPS) is 17.8. The molecule has 2 aromatic carbocycles. The van der Waals surface area contributed by atoms with Crippen LogP contribution < -0.4 is 9.47 Å². The molecule has 2 aromatic heterocycles. The van der Waals surface area contributed by atoms with Gasteiger partial charge in [-0.05, 0) is 73.8 Å². The monoisotopic (exact) mass is 427 g/mol. The van der Waals surface area contributed by atoms with Gasteiger partial charge in [0.15, 0.2) is 17.3 Å². The summed E-state index contributed by atoms with van der Waals surface area (Å²) in [4.78, 5) is 2.52. The van der Waals surface area contributed by atoms with E-state index in [0.29, 0.717) is 6.04 Å². The Balaban J connectivity index is 1.34. The fraction of sp³-hybridized carbons (Fsp3) is 0.269. The zero-order chi connectivity index (χ0) is 21.5. The van der Waals surface area contributed by atoms with Crippen LogP contribution in [0.4, 0.5) is 0 Å². The van der Waals surface area contributed by atoms with Crippen molar-refractivity contribution in [3.8, 4) is 39.8 Å². The Morgan fingerprint density at radius 2 is 1.84 bits per heavy atom. The lowest BCUT2D eigenvalue weighted by Gasteiger charge is -2.20. The van der Waals surface area contributed by atoms with E-state index in [4.69, 9.17) is 19.0 Å². The van der Waals surface area contributed by atoms with E-state index in [1.165, 1.54) is 18.4 Å². The van der Waals surface area contributed by atoms with Crippen LogP contribution >= 0.6 is 0 Å². The van der Waals surface area contributed by atoms with E-state index in [1.54, 1.807) is 6.26 Å². The maximum absolute atomic E-state index is 5.80. The molecular weight excluding hydrogens is 402 g/mol. The summed E-state index contributed by atoms with van der Waals surface area (Å²) < 4.78 is 18.7. The van der Waals surface area contributed by atoms with E-state index in [1.807, 2.05) is 35.1 Å². The van der Waals surface area contributed by atoms with Crippen LogP contribution in [0.2, 0.25) is 0 Å². The Kier molecular flexibility index (Phi) is 4.72. The van der Waals surface area contributed by atoms with Gasteiger partial charge < -0.3 is 13.9 Å². The van der Waals surface area contributed by atoms with Gasteiger partial charge in [-0.3, -0.25) is 4.90 Å². The molecular formula is C26H25N3O3. The lowest BCUT2D eigenvalue weighted by molar-refractivity contribution is 0.174. The van der Waals surface area contributed by atoms with E-state index in [9.17, 15) is 0 Å². The van der Waals surface area contributed by atoms with Gasteiger partial charge in [0.05, 0.1) is 18.1 Å². The summed E-state index contributed by atoms with van der Waals surface area (Å²) in [6.45, 7) is 4.60. The van der Waals surface area contributed by atoms with Crippen molar-refractivity contribution in [2.75, 3.05) is 13.3 Å². The lowest BCUT2D eigenvalue weighted by atomic mass is 10.0. The Hall–Kier alpha value is -3.51. The van der Waals surface area contributed by atoms with Gasteiger partial charge in [0.1, 0.15) is 5.69 Å². The molecule has 0 amide bonds. The summed E-state index contributed by atoms with van der Waals surface area (Å²) in [5.41, 5.74) is 5.42. The standard InChI is InChI=1S/C26H25N3O3/c1-18-4-2-12-28(18)16-21-15-27-29(26(21)24-5-3-13-30-24)22-9-6-19(7-10-22)20-8-11-23-25(14-20)32-17-31-23/h3,5-11,13-15,18H,2,4,12,16-17H2,1H3. The van der Waals surface area contributed by atoms with Gasteiger partial charge in [0, 0.05) is 18.2 Å². The van der Waals surface area contributed by atoms with Crippen LogP contribution in [0.1, 0.15) is 25.3 Å². The molecule has 6 nitrogen and oxygen atoms in total. The molecule has 0 aliphatic carbocycles. The van der Waals surface area contributed by atoms with E-state index in [0.717, 1.165) is 52.9 Å². The number of hydrogen-bond donors (Lipinski definition) is 0. The number of likely N-dealkylation sites (tertiary alicyclic amines) is 1. The van der Waals surface area contributed by atoms with Gasteiger partial charge in [-0.1, -0.05) is 18.2 Å². The molecule has 4 aromatic rings. The first-order valence-corrected chi connectivity index (χ1v) is 11.1. The topological polar surface area (TPSA) is 52.7 Å². The second-order valence-electron chi connectivity index (χ2n) is 8.48. The minimum absolute atomic E-state index is 0.283. The number of fused-ring (bicyclic) bond motifs is 1. The summed E-state index contributed by atoms with van der Waals surface area (Å²) in [5.74, 6) is 2.42. The van der Waals surface area contributed by atoms with Gasteiger partial charge in [0.2, 0.25) is 6.79 Å². The molecule has 6 heteroatoms. The highest BCUT2D eigenvalue weighted by Gasteiger charge is 2.24. The summed E-state index contributed by atoms with van der Waals surface area (Å²) >= 11 is 0. The molecule has 162 valence electrons. The van der Waals surface area contributed by atoms with Crippen LogP contribution in [0, 0.1) is 0 Å². The van der Waals surface area contributed by atoms with E-state index < -0.39 is 0 Å². The van der Waals surface area contributed by atoms with Crippen LogP contribution in [0.3, 0.4) is 0 Å². The largest absolute Gasteiger partial charge is 0.463 e. The lowest BCUT2D eigenvalue weighted by Crippen LogP contribution is -2.26. The van der Waals surface area contributed by atoms with Gasteiger partial charge >= 0.3 is 0 Å². The molecule has 1 unspecified atom stereocenters. The van der Waals surface area contributed by atoms with Crippen molar-refractivity contribution in [1.29, 1.82) is 0 Å². The molecule has 32 heavy (non-hydrogen) atoms. The first-order valence-electron chi connectivity index (χ1n) is 11.1. The molecule has 2 aliphatic rings. The number of hydrogen-bond acceptors (Lipinski definition) is 5. The van der Waals surface area contributed by atoms with Crippen LogP contribution in [0.25, 0.3) is 28.3 Å². The molecule has 1 atom stereocenters. The Bertz CT molecular complexity index is 1230. The molecule has 1 saturated heterocycles. The van der Waals surface area contributed by atoms with Crippen molar-refractivity contribution < 1.29 is 13.9 Å². The SMILES string of the molecule is CC1CCCN1Cc1cnn(-c2ccc(-c3ccc4c(c3)OCO4)cc2)c1-c1ccco1. The highest BCUT2D eigenvalue weighted by Crippen LogP contribution is 2.36. The molecule has 6 rings (SSSR count). The first-order chi connectivity index (χ1) is 15.8. The molecule has 2 aliphatic heterocycles. The zero-order valence-corrected chi connectivity index (χ0v) is 18.0. The number of nitrogens with zero attached hydrogens (tertiary/aromatic N) is 3. The predicted octanol–water partition coefficient (Wildman–Crippen LogP) is 5.51. The number of aromatic nitrogens is 2. The van der Waals surface area contributed by atoms with Crippen molar-refractivity contribution in [2.24, 2.45) is 0 Å².